The zero-order valence-electron chi connectivity index (χ0n) is 74.6. The Balaban J connectivity index is 5.69. The smallest absolute Gasteiger partial charge is 0.311 e. The first-order valence-electron chi connectivity index (χ1n) is 47.9. The number of rotatable bonds is 86. The molecule has 14 nitrogen and oxygen atoms in total. The van der Waals surface area contributed by atoms with E-state index >= 15 is 0 Å². The third kappa shape index (κ3) is 71.1. The molecule has 0 saturated heterocycles. The van der Waals surface area contributed by atoms with E-state index in [9.17, 15) is 28.8 Å². The number of unbranched alkanes of at least 4 members (excludes halogenated alkanes) is 46. The molecule has 0 aromatic rings. The van der Waals surface area contributed by atoms with Gasteiger partial charge in [0.1, 0.15) is 12.2 Å². The number of hydrogen-bond donors (Lipinski definition) is 2. The second-order valence-electron chi connectivity index (χ2n) is 34.7. The molecule has 14 heteroatoms. The lowest BCUT2D eigenvalue weighted by molar-refractivity contribution is -0.161. The van der Waals surface area contributed by atoms with Crippen molar-refractivity contribution in [3.63, 3.8) is 0 Å². The van der Waals surface area contributed by atoms with E-state index in [1.165, 1.54) is 230 Å². The maximum absolute atomic E-state index is 13.8. The zero-order valence-corrected chi connectivity index (χ0v) is 74.6. The topological polar surface area (TPSA) is 170 Å². The maximum Gasteiger partial charge on any atom is 0.311 e. The van der Waals surface area contributed by atoms with E-state index in [0.29, 0.717) is 52.2 Å². The molecule has 0 rings (SSSR count). The predicted octanol–water partition coefficient (Wildman–Crippen LogP) is 26.4. The fourth-order valence-corrected chi connectivity index (χ4v) is 15.0. The Labute approximate surface area is 681 Å². The standard InChI is InChI=1S/C96H184N4O10/c1-11-17-23-29-35-37-39-50-65-85-107-91(103)71-58-52-63-81-99(79-61-48-41-46-57-72-92(104)109-87(67-53-42-31-25-19-13-3)68-54-43-32-26-20-14-4)83-77-97-89(101)73-74-90(102)98-78-84-100(82-64-60-76-95(7,8)93(105)108-86-66-51-40-38-36-30-24-18-12-2)80-62-49-47-59-75-96(9,10)94(106)110-88(69-55-44-33-27-21-15-5)70-56-45-34-28-22-16-6/h73-74,87-88H,11-72,75-86H2,1-10H3,(H,97,101)(H,98,102)/b74-73+. The summed E-state index contributed by atoms with van der Waals surface area (Å²) in [6, 6.07) is 0. The molecule has 0 aliphatic heterocycles. The summed E-state index contributed by atoms with van der Waals surface area (Å²) in [7, 11) is 0. The summed E-state index contributed by atoms with van der Waals surface area (Å²) in [6.07, 6.45) is 74.6. The van der Waals surface area contributed by atoms with E-state index in [4.69, 9.17) is 18.9 Å². The van der Waals surface area contributed by atoms with Crippen molar-refractivity contribution in [2.75, 3.05) is 65.6 Å². The van der Waals surface area contributed by atoms with Crippen molar-refractivity contribution in [2.24, 2.45) is 10.8 Å². The minimum atomic E-state index is -0.560. The Bertz CT molecular complexity index is 2090. The Morgan fingerprint density at radius 2 is 0.545 bits per heavy atom. The number of hydrogen-bond acceptors (Lipinski definition) is 12. The molecule has 0 aromatic carbocycles. The molecule has 0 aliphatic rings. The van der Waals surface area contributed by atoms with Gasteiger partial charge in [-0.15, -0.1) is 0 Å². The van der Waals surface area contributed by atoms with Gasteiger partial charge in [0.25, 0.3) is 0 Å². The van der Waals surface area contributed by atoms with Crippen LogP contribution < -0.4 is 10.6 Å². The Hall–Kier alpha value is -3.52. The van der Waals surface area contributed by atoms with Crippen LogP contribution in [0.3, 0.4) is 0 Å². The molecule has 0 saturated carbocycles. The normalized spacial score (nSPS) is 12.0. The van der Waals surface area contributed by atoms with Gasteiger partial charge in [0, 0.05) is 51.2 Å². The van der Waals surface area contributed by atoms with Crippen molar-refractivity contribution >= 4 is 35.7 Å². The molecule has 110 heavy (non-hydrogen) atoms. The molecule has 0 unspecified atom stereocenters. The monoisotopic (exact) mass is 1550 g/mol. The van der Waals surface area contributed by atoms with Crippen LogP contribution in [-0.4, -0.2) is 123 Å². The average molecular weight is 1550 g/mol. The number of esters is 4. The van der Waals surface area contributed by atoms with E-state index in [-0.39, 0.29) is 47.9 Å². The van der Waals surface area contributed by atoms with Gasteiger partial charge in [-0.2, -0.15) is 0 Å². The van der Waals surface area contributed by atoms with Crippen LogP contribution in [0, 0.1) is 10.8 Å². The fourth-order valence-electron chi connectivity index (χ4n) is 15.0. The Kier molecular flexibility index (Phi) is 76.8. The van der Waals surface area contributed by atoms with Gasteiger partial charge in [-0.05, 0) is 169 Å². The van der Waals surface area contributed by atoms with Gasteiger partial charge in [-0.25, -0.2) is 0 Å². The zero-order chi connectivity index (χ0) is 80.8. The van der Waals surface area contributed by atoms with Gasteiger partial charge in [-0.1, -0.05) is 324 Å². The molecule has 0 radical (unpaired) electrons. The van der Waals surface area contributed by atoms with Crippen LogP contribution in [0.1, 0.15) is 480 Å². The van der Waals surface area contributed by atoms with Crippen molar-refractivity contribution in [1.29, 1.82) is 0 Å². The fraction of sp³-hybridized carbons (Fsp3) is 0.917. The Morgan fingerprint density at radius 1 is 0.282 bits per heavy atom. The quantitative estimate of drug-likeness (QED) is 0.0256. The molecule has 0 aromatic heterocycles. The highest BCUT2D eigenvalue weighted by atomic mass is 16.6. The minimum absolute atomic E-state index is 0.0116. The summed E-state index contributed by atoms with van der Waals surface area (Å²) in [5.74, 6) is -0.889. The molecule has 0 spiro atoms. The van der Waals surface area contributed by atoms with E-state index in [0.717, 1.165) is 206 Å². The summed E-state index contributed by atoms with van der Waals surface area (Å²) in [5.41, 5.74) is -1.09. The molecule has 0 atom stereocenters. The van der Waals surface area contributed by atoms with Gasteiger partial charge in [0.15, 0.2) is 0 Å². The first-order valence-corrected chi connectivity index (χ1v) is 47.9. The van der Waals surface area contributed by atoms with E-state index in [1.807, 2.05) is 13.8 Å². The highest BCUT2D eigenvalue weighted by Gasteiger charge is 2.32. The van der Waals surface area contributed by atoms with Gasteiger partial charge >= 0.3 is 23.9 Å². The van der Waals surface area contributed by atoms with Gasteiger partial charge in [0.05, 0.1) is 24.0 Å². The van der Waals surface area contributed by atoms with Gasteiger partial charge in [-0.3, -0.25) is 28.8 Å². The molecule has 0 heterocycles. The number of nitrogens with one attached hydrogen (secondary N) is 2. The molecule has 648 valence electrons. The lowest BCUT2D eigenvalue weighted by atomic mass is 9.86. The predicted molar refractivity (Wildman–Crippen MR) is 467 cm³/mol. The van der Waals surface area contributed by atoms with E-state index in [2.05, 4.69) is 75.8 Å². The number of carbonyl (C=O) groups excluding carboxylic acids is 6. The number of ether oxygens (including phenoxy) is 4. The second-order valence-corrected chi connectivity index (χ2v) is 34.7. The molecule has 0 aliphatic carbocycles. The maximum atomic E-state index is 13.8. The molecule has 2 amide bonds. The van der Waals surface area contributed by atoms with E-state index < -0.39 is 10.8 Å². The molecular formula is C96H184N4O10. The van der Waals surface area contributed by atoms with Crippen LogP contribution in [0.4, 0.5) is 0 Å². The number of nitrogens with zero attached hydrogens (tertiary/aromatic N) is 2. The largest absolute Gasteiger partial charge is 0.466 e. The van der Waals surface area contributed by atoms with Crippen LogP contribution in [0.2, 0.25) is 0 Å². The molecule has 0 fully saturated rings. The SMILES string of the molecule is CCCCCCCCCCCOC(=O)CCCCCN(CCCCCCCC(=O)OC(CCCCCCCC)CCCCCCCC)CCNC(=O)/C=C/C(=O)NCCN(CCCCCCC(C)(C)C(=O)OC(CCCCCCCC)CCCCCCCC)CCCCC(C)(C)C(=O)OCCCCCCCCCCC. The second kappa shape index (κ2) is 79.3. The third-order valence-electron chi connectivity index (χ3n) is 22.8. The summed E-state index contributed by atoms with van der Waals surface area (Å²) in [6.45, 7) is 28.4. The highest BCUT2D eigenvalue weighted by molar-refractivity contribution is 5.96. The number of carbonyl (C=O) groups is 6. The number of amides is 2. The van der Waals surface area contributed by atoms with Crippen molar-refractivity contribution in [3.05, 3.63) is 12.2 Å². The van der Waals surface area contributed by atoms with Crippen LogP contribution in [0.5, 0.6) is 0 Å². The van der Waals surface area contributed by atoms with Crippen molar-refractivity contribution in [3.8, 4) is 0 Å². The van der Waals surface area contributed by atoms with Crippen LogP contribution in [0.15, 0.2) is 12.2 Å². The molecule has 2 N–H and O–H groups in total. The average Bonchev–Trinajstić information content (AvgIpc) is 0.844. The summed E-state index contributed by atoms with van der Waals surface area (Å²) in [4.78, 5) is 84.2. The summed E-state index contributed by atoms with van der Waals surface area (Å²) in [5, 5.41) is 6.08. The van der Waals surface area contributed by atoms with Crippen molar-refractivity contribution in [2.45, 2.75) is 492 Å². The van der Waals surface area contributed by atoms with Crippen LogP contribution >= 0.6 is 0 Å². The first kappa shape index (κ1) is 106. The third-order valence-corrected chi connectivity index (χ3v) is 22.8. The minimum Gasteiger partial charge on any atom is -0.466 e. The van der Waals surface area contributed by atoms with Gasteiger partial charge in [0.2, 0.25) is 11.8 Å². The summed E-state index contributed by atoms with van der Waals surface area (Å²) < 4.78 is 23.9. The van der Waals surface area contributed by atoms with Crippen molar-refractivity contribution in [1.82, 2.24) is 20.4 Å². The lowest BCUT2D eigenvalue weighted by Gasteiger charge is -2.27. The van der Waals surface area contributed by atoms with Crippen LogP contribution in [-0.2, 0) is 47.7 Å². The molecule has 0 bridgehead atoms. The first-order chi connectivity index (χ1) is 53.5. The van der Waals surface area contributed by atoms with Crippen LogP contribution in [0.25, 0.3) is 0 Å². The van der Waals surface area contributed by atoms with Crippen molar-refractivity contribution < 1.29 is 47.7 Å². The summed E-state index contributed by atoms with van der Waals surface area (Å²) >= 11 is 0. The lowest BCUT2D eigenvalue weighted by Crippen LogP contribution is -2.36. The van der Waals surface area contributed by atoms with E-state index in [1.54, 1.807) is 0 Å². The highest BCUT2D eigenvalue weighted by Crippen LogP contribution is 2.30. The molecular weight excluding hydrogens is 1370 g/mol. The Morgan fingerprint density at radius 3 is 0.918 bits per heavy atom. The van der Waals surface area contributed by atoms with Gasteiger partial charge < -0.3 is 39.4 Å².